The molecule has 0 radical (unpaired) electrons. The first-order valence-corrected chi connectivity index (χ1v) is 11.1. The smallest absolute Gasteiger partial charge is 0.192 e. The highest BCUT2D eigenvalue weighted by atomic mass is 16.5. The zero-order chi connectivity index (χ0) is 23.8. The van der Waals surface area contributed by atoms with Gasteiger partial charge < -0.3 is 14.5 Å². The molecule has 0 bridgehead atoms. The van der Waals surface area contributed by atoms with Crippen molar-refractivity contribution in [2.24, 2.45) is 5.41 Å². The number of nitrogens with zero attached hydrogens (tertiary/aromatic N) is 4. The molecule has 0 amide bonds. The van der Waals surface area contributed by atoms with Crippen molar-refractivity contribution in [2.45, 2.75) is 48.0 Å². The number of ether oxygens (including phenoxy) is 1. The highest BCUT2D eigenvalue weighted by molar-refractivity contribution is 5.88. The summed E-state index contributed by atoms with van der Waals surface area (Å²) in [6.07, 6.45) is 2.41. The summed E-state index contributed by atoms with van der Waals surface area (Å²) < 4.78 is 11.5. The first-order valence-electron chi connectivity index (χ1n) is 11.1. The summed E-state index contributed by atoms with van der Waals surface area (Å²) in [6, 6.07) is 8.04. The molecule has 7 heteroatoms. The third-order valence-corrected chi connectivity index (χ3v) is 5.33. The Labute approximate surface area is 194 Å². The number of anilines is 1. The Balaban J connectivity index is 1.67. The van der Waals surface area contributed by atoms with E-state index in [0.717, 1.165) is 57.3 Å². The van der Waals surface area contributed by atoms with Gasteiger partial charge in [0.05, 0.1) is 12.8 Å². The molecule has 3 aromatic heterocycles. The van der Waals surface area contributed by atoms with E-state index in [0.29, 0.717) is 18.1 Å². The van der Waals surface area contributed by atoms with Crippen LogP contribution in [0.15, 0.2) is 34.9 Å². The van der Waals surface area contributed by atoms with E-state index in [2.05, 4.69) is 36.1 Å². The first kappa shape index (κ1) is 22.7. The summed E-state index contributed by atoms with van der Waals surface area (Å²) >= 11 is 0. The standard InChI is InChI=1S/C26H31N5O2/c1-15-10-20-13-27-22(31-23(20)25(29-15)28-14-26(4,5)6)12-18-8-9-19(11-21(18)32-7)24-16(2)30-17(3)33-24/h8-11,13H,12,14H2,1-7H3,(H,28,29). The van der Waals surface area contributed by atoms with E-state index < -0.39 is 0 Å². The van der Waals surface area contributed by atoms with Gasteiger partial charge in [0, 0.05) is 48.3 Å². The predicted octanol–water partition coefficient (Wildman–Crippen LogP) is 5.66. The number of nitrogens with one attached hydrogen (secondary N) is 1. The third kappa shape index (κ3) is 5.13. The number of aromatic nitrogens is 4. The Bertz CT molecular complexity index is 1300. The molecule has 0 spiro atoms. The summed E-state index contributed by atoms with van der Waals surface area (Å²) in [7, 11) is 1.67. The van der Waals surface area contributed by atoms with Gasteiger partial charge in [0.1, 0.15) is 17.1 Å². The van der Waals surface area contributed by atoms with Gasteiger partial charge in [-0.1, -0.05) is 32.9 Å². The number of fused-ring (bicyclic) bond motifs is 1. The summed E-state index contributed by atoms with van der Waals surface area (Å²) in [5.41, 5.74) is 4.69. The molecule has 4 aromatic rings. The van der Waals surface area contributed by atoms with Gasteiger partial charge in [-0.2, -0.15) is 0 Å². The molecule has 0 aliphatic heterocycles. The number of benzene rings is 1. The van der Waals surface area contributed by atoms with Crippen LogP contribution in [0.3, 0.4) is 0 Å². The van der Waals surface area contributed by atoms with Crippen molar-refractivity contribution in [1.82, 2.24) is 19.9 Å². The van der Waals surface area contributed by atoms with Gasteiger partial charge in [-0.15, -0.1) is 0 Å². The van der Waals surface area contributed by atoms with Gasteiger partial charge in [-0.05, 0) is 31.4 Å². The van der Waals surface area contributed by atoms with Crippen LogP contribution >= 0.6 is 0 Å². The Hall–Kier alpha value is -3.48. The van der Waals surface area contributed by atoms with Crippen LogP contribution in [-0.4, -0.2) is 33.6 Å². The monoisotopic (exact) mass is 445 g/mol. The van der Waals surface area contributed by atoms with E-state index in [4.69, 9.17) is 19.1 Å². The minimum absolute atomic E-state index is 0.128. The number of aryl methyl sites for hydroxylation is 3. The largest absolute Gasteiger partial charge is 0.496 e. The molecule has 0 aliphatic carbocycles. The predicted molar refractivity (Wildman–Crippen MR) is 131 cm³/mol. The molecular formula is C26H31N5O2. The van der Waals surface area contributed by atoms with E-state index in [1.54, 1.807) is 7.11 Å². The summed E-state index contributed by atoms with van der Waals surface area (Å²) in [5, 5.41) is 4.45. The zero-order valence-electron chi connectivity index (χ0n) is 20.4. The molecule has 0 saturated carbocycles. The Morgan fingerprint density at radius 3 is 2.48 bits per heavy atom. The molecular weight excluding hydrogens is 414 g/mol. The Kier molecular flexibility index (Phi) is 6.06. The quantitative estimate of drug-likeness (QED) is 0.410. The van der Waals surface area contributed by atoms with Gasteiger partial charge in [-0.25, -0.2) is 19.9 Å². The van der Waals surface area contributed by atoms with Crippen molar-refractivity contribution in [3.63, 3.8) is 0 Å². The fraction of sp³-hybridized carbons (Fsp3) is 0.385. The van der Waals surface area contributed by atoms with Crippen LogP contribution in [0, 0.1) is 26.2 Å². The number of pyridine rings is 1. The first-order chi connectivity index (χ1) is 15.6. The van der Waals surface area contributed by atoms with E-state index in [1.165, 1.54) is 0 Å². The van der Waals surface area contributed by atoms with Gasteiger partial charge in [0.2, 0.25) is 0 Å². The van der Waals surface area contributed by atoms with Crippen LogP contribution < -0.4 is 10.1 Å². The number of hydrogen-bond donors (Lipinski definition) is 1. The topological polar surface area (TPSA) is 86.0 Å². The number of rotatable bonds is 6. The fourth-order valence-corrected chi connectivity index (χ4v) is 3.77. The lowest BCUT2D eigenvalue weighted by molar-refractivity contribution is 0.410. The van der Waals surface area contributed by atoms with Crippen molar-refractivity contribution in [3.05, 3.63) is 59.1 Å². The maximum Gasteiger partial charge on any atom is 0.192 e. The van der Waals surface area contributed by atoms with Crippen LogP contribution in [0.5, 0.6) is 5.75 Å². The van der Waals surface area contributed by atoms with Crippen LogP contribution in [0.1, 0.15) is 49.4 Å². The fourth-order valence-electron chi connectivity index (χ4n) is 3.77. The lowest BCUT2D eigenvalue weighted by Crippen LogP contribution is -2.20. The van der Waals surface area contributed by atoms with Crippen molar-refractivity contribution < 1.29 is 9.15 Å². The minimum atomic E-state index is 0.128. The summed E-state index contributed by atoms with van der Waals surface area (Å²) in [4.78, 5) is 18.5. The maximum atomic E-state index is 5.77. The van der Waals surface area contributed by atoms with Crippen molar-refractivity contribution >= 4 is 16.7 Å². The second-order valence-corrected chi connectivity index (χ2v) is 9.60. The van der Waals surface area contributed by atoms with Gasteiger partial charge in [0.25, 0.3) is 0 Å². The van der Waals surface area contributed by atoms with Crippen LogP contribution in [-0.2, 0) is 6.42 Å². The normalized spacial score (nSPS) is 11.7. The molecule has 0 saturated heterocycles. The second-order valence-electron chi connectivity index (χ2n) is 9.60. The maximum absolute atomic E-state index is 5.77. The van der Waals surface area contributed by atoms with E-state index in [9.17, 15) is 0 Å². The Morgan fingerprint density at radius 2 is 1.82 bits per heavy atom. The van der Waals surface area contributed by atoms with Crippen LogP contribution in [0.4, 0.5) is 5.82 Å². The molecule has 0 atom stereocenters. The summed E-state index contributed by atoms with van der Waals surface area (Å²) in [5.74, 6) is 3.68. The average Bonchev–Trinajstić information content (AvgIpc) is 3.09. The molecule has 0 aliphatic rings. The molecule has 1 N–H and O–H groups in total. The van der Waals surface area contributed by atoms with Crippen LogP contribution in [0.25, 0.3) is 22.2 Å². The minimum Gasteiger partial charge on any atom is -0.496 e. The molecule has 172 valence electrons. The second kappa shape index (κ2) is 8.81. The molecule has 3 heterocycles. The third-order valence-electron chi connectivity index (χ3n) is 5.33. The molecule has 0 fully saturated rings. The number of oxazole rings is 1. The van der Waals surface area contributed by atoms with Gasteiger partial charge >= 0.3 is 0 Å². The Morgan fingerprint density at radius 1 is 1.03 bits per heavy atom. The molecule has 7 nitrogen and oxygen atoms in total. The van der Waals surface area contributed by atoms with E-state index in [1.807, 2.05) is 51.2 Å². The van der Waals surface area contributed by atoms with Gasteiger partial charge in [0.15, 0.2) is 17.5 Å². The SMILES string of the molecule is COc1cc(-c2oc(C)nc2C)ccc1Cc1ncc2cc(C)nc(NCC(C)(C)C)c2n1. The zero-order valence-corrected chi connectivity index (χ0v) is 20.4. The van der Waals surface area contributed by atoms with Crippen LogP contribution in [0.2, 0.25) is 0 Å². The van der Waals surface area contributed by atoms with Gasteiger partial charge in [-0.3, -0.25) is 0 Å². The molecule has 1 aromatic carbocycles. The van der Waals surface area contributed by atoms with Crippen molar-refractivity contribution in [2.75, 3.05) is 19.0 Å². The average molecular weight is 446 g/mol. The van der Waals surface area contributed by atoms with Crippen molar-refractivity contribution in [1.29, 1.82) is 0 Å². The van der Waals surface area contributed by atoms with E-state index in [-0.39, 0.29) is 5.41 Å². The highest BCUT2D eigenvalue weighted by Gasteiger charge is 2.16. The number of hydrogen-bond acceptors (Lipinski definition) is 7. The van der Waals surface area contributed by atoms with E-state index >= 15 is 0 Å². The van der Waals surface area contributed by atoms with Crippen molar-refractivity contribution in [3.8, 4) is 17.1 Å². The molecule has 4 rings (SSSR count). The highest BCUT2D eigenvalue weighted by Crippen LogP contribution is 2.31. The molecule has 0 unspecified atom stereocenters. The molecule has 33 heavy (non-hydrogen) atoms. The lowest BCUT2D eigenvalue weighted by atomic mass is 9.97. The number of methoxy groups -OCH3 is 1. The lowest BCUT2D eigenvalue weighted by Gasteiger charge is -2.20. The summed E-state index contributed by atoms with van der Waals surface area (Å²) in [6.45, 7) is 13.1.